The number of aromatic nitrogens is 2. The number of ketones is 1. The fourth-order valence-electron chi connectivity index (χ4n) is 4.83. The van der Waals surface area contributed by atoms with Crippen LogP contribution in [0.4, 0.5) is 24.5 Å². The summed E-state index contributed by atoms with van der Waals surface area (Å²) in [5, 5.41) is 6.78. The average molecular weight is 565 g/mol. The van der Waals surface area contributed by atoms with Gasteiger partial charge in [-0.2, -0.15) is 13.2 Å². The highest BCUT2D eigenvalue weighted by atomic mass is 19.4. The second-order valence-corrected chi connectivity index (χ2v) is 10.4. The number of fused-ring (bicyclic) bond motifs is 1. The molecule has 0 aliphatic carbocycles. The van der Waals surface area contributed by atoms with E-state index in [0.717, 1.165) is 35.8 Å². The fourth-order valence-corrected chi connectivity index (χ4v) is 4.83. The largest absolute Gasteiger partial charge is 0.416 e. The number of rotatable bonds is 8. The Morgan fingerprint density at radius 1 is 1.00 bits per heavy atom. The molecule has 1 amide bonds. The predicted octanol–water partition coefficient (Wildman–Crippen LogP) is 5.40. The van der Waals surface area contributed by atoms with E-state index in [4.69, 9.17) is 0 Å². The van der Waals surface area contributed by atoms with Crippen molar-refractivity contribution in [2.75, 3.05) is 43.9 Å². The molecule has 0 spiro atoms. The summed E-state index contributed by atoms with van der Waals surface area (Å²) in [6.45, 7) is 5.08. The first-order valence-electron chi connectivity index (χ1n) is 13.3. The van der Waals surface area contributed by atoms with Gasteiger partial charge in [0.25, 0.3) is 5.91 Å². The van der Waals surface area contributed by atoms with E-state index in [1.54, 1.807) is 30.5 Å². The minimum absolute atomic E-state index is 0.0567. The number of hydrogen-bond acceptors (Lipinski definition) is 6. The van der Waals surface area contributed by atoms with Gasteiger partial charge in [-0.1, -0.05) is 18.2 Å². The lowest BCUT2D eigenvalue weighted by atomic mass is 10.0. The van der Waals surface area contributed by atoms with E-state index < -0.39 is 17.6 Å². The van der Waals surface area contributed by atoms with Crippen LogP contribution in [-0.4, -0.2) is 64.7 Å². The summed E-state index contributed by atoms with van der Waals surface area (Å²) >= 11 is 0. The minimum atomic E-state index is -4.57. The summed E-state index contributed by atoms with van der Waals surface area (Å²) < 4.78 is 41.8. The van der Waals surface area contributed by atoms with Gasteiger partial charge in [0.1, 0.15) is 5.65 Å². The van der Waals surface area contributed by atoms with Crippen molar-refractivity contribution in [3.8, 4) is 0 Å². The zero-order chi connectivity index (χ0) is 29.1. The van der Waals surface area contributed by atoms with Crippen LogP contribution in [0.15, 0.2) is 60.8 Å². The number of halogens is 3. The van der Waals surface area contributed by atoms with Crippen molar-refractivity contribution in [2.24, 2.45) is 0 Å². The lowest BCUT2D eigenvalue weighted by Gasteiger charge is -2.33. The molecule has 2 aromatic carbocycles. The number of nitrogens with zero attached hydrogens (tertiary/aromatic N) is 3. The maximum atomic E-state index is 13.9. The number of nitrogens with one attached hydrogen (secondary N) is 3. The predicted molar refractivity (Wildman–Crippen MR) is 152 cm³/mol. The molecule has 11 heteroatoms. The first-order valence-corrected chi connectivity index (χ1v) is 13.3. The molecule has 3 N–H and O–H groups in total. The van der Waals surface area contributed by atoms with Gasteiger partial charge >= 0.3 is 6.18 Å². The summed E-state index contributed by atoms with van der Waals surface area (Å²) in [5.74, 6) is -0.692. The molecule has 0 radical (unpaired) electrons. The van der Waals surface area contributed by atoms with Gasteiger partial charge in [0.2, 0.25) is 0 Å². The van der Waals surface area contributed by atoms with E-state index in [1.807, 2.05) is 24.1 Å². The summed E-state index contributed by atoms with van der Waals surface area (Å²) in [6, 6.07) is 14.5. The highest BCUT2D eigenvalue weighted by Crippen LogP contribution is 2.34. The van der Waals surface area contributed by atoms with Crippen LogP contribution in [-0.2, 0) is 19.3 Å². The molecule has 4 aromatic rings. The third kappa shape index (κ3) is 6.93. The molecule has 1 saturated heterocycles. The van der Waals surface area contributed by atoms with Crippen molar-refractivity contribution in [3.63, 3.8) is 0 Å². The summed E-state index contributed by atoms with van der Waals surface area (Å²) in [4.78, 5) is 36.0. The Hall–Kier alpha value is -4.22. The Morgan fingerprint density at radius 3 is 2.51 bits per heavy atom. The molecule has 0 unspecified atom stereocenters. The maximum absolute atomic E-state index is 13.9. The molecule has 1 aliphatic heterocycles. The Bertz CT molecular complexity index is 1570. The molecule has 1 fully saturated rings. The fraction of sp³-hybridized carbons (Fsp3) is 0.300. The van der Waals surface area contributed by atoms with Crippen molar-refractivity contribution in [2.45, 2.75) is 26.2 Å². The number of likely N-dealkylation sites (N-methyl/N-ethyl adjacent to an activating group) is 1. The van der Waals surface area contributed by atoms with E-state index in [1.165, 1.54) is 19.1 Å². The van der Waals surface area contributed by atoms with Gasteiger partial charge in [-0.3, -0.25) is 14.5 Å². The first-order chi connectivity index (χ1) is 19.5. The second kappa shape index (κ2) is 11.7. The number of H-pyrrole nitrogens is 1. The lowest BCUT2D eigenvalue weighted by molar-refractivity contribution is -0.138. The van der Waals surface area contributed by atoms with E-state index in [-0.39, 0.29) is 23.5 Å². The van der Waals surface area contributed by atoms with Gasteiger partial charge in [0.05, 0.1) is 23.1 Å². The molecule has 5 rings (SSSR count). The minimum Gasteiger partial charge on any atom is -0.380 e. The normalized spacial score (nSPS) is 14.8. The molecule has 1 aliphatic rings. The van der Waals surface area contributed by atoms with Crippen molar-refractivity contribution in [1.29, 1.82) is 0 Å². The van der Waals surface area contributed by atoms with Gasteiger partial charge < -0.3 is 20.5 Å². The molecule has 3 heterocycles. The van der Waals surface area contributed by atoms with Crippen LogP contribution in [0.3, 0.4) is 0 Å². The van der Waals surface area contributed by atoms with Crippen molar-refractivity contribution < 1.29 is 22.8 Å². The molecular weight excluding hydrogens is 533 g/mol. The van der Waals surface area contributed by atoms with E-state index in [0.29, 0.717) is 36.7 Å². The van der Waals surface area contributed by atoms with Crippen LogP contribution < -0.4 is 10.6 Å². The van der Waals surface area contributed by atoms with Crippen LogP contribution in [0, 0.1) is 0 Å². The van der Waals surface area contributed by atoms with Crippen LogP contribution in [0.25, 0.3) is 11.0 Å². The smallest absolute Gasteiger partial charge is 0.380 e. The van der Waals surface area contributed by atoms with Crippen molar-refractivity contribution in [1.82, 2.24) is 19.8 Å². The SMILES string of the molecule is CC(=O)c1cc2cc(NCc3cccc(NC(=O)c4ccc(CN5CCN(C)CC5)c(C(F)(F)F)c4)c3)cnc2[nH]1. The number of amides is 1. The number of aromatic amines is 1. The van der Waals surface area contributed by atoms with Crippen LogP contribution in [0.5, 0.6) is 0 Å². The van der Waals surface area contributed by atoms with Gasteiger partial charge in [-0.15, -0.1) is 0 Å². The summed E-state index contributed by atoms with van der Waals surface area (Å²) in [5.41, 5.74) is 2.49. The lowest BCUT2D eigenvalue weighted by Crippen LogP contribution is -2.44. The number of alkyl halides is 3. The molecule has 214 valence electrons. The maximum Gasteiger partial charge on any atom is 0.416 e. The zero-order valence-corrected chi connectivity index (χ0v) is 22.8. The molecule has 8 nitrogen and oxygen atoms in total. The number of carbonyl (C=O) groups is 2. The standard InChI is InChI=1S/C30H31F3N6O2/c1-19(40)27-15-23-13-25(17-35-28(23)37-27)34-16-20-4-3-5-24(12-20)36-29(41)21-6-7-22(26(14-21)30(31,32)33)18-39-10-8-38(2)9-11-39/h3-7,12-15,17,34H,8-11,16,18H2,1-2H3,(H,35,37)(H,36,41). The average Bonchev–Trinajstić information content (AvgIpc) is 3.37. The summed E-state index contributed by atoms with van der Waals surface area (Å²) in [6.07, 6.45) is -2.92. The highest BCUT2D eigenvalue weighted by Gasteiger charge is 2.34. The second-order valence-electron chi connectivity index (χ2n) is 10.4. The zero-order valence-electron chi connectivity index (χ0n) is 22.8. The van der Waals surface area contributed by atoms with Crippen LogP contribution in [0.1, 0.15) is 44.5 Å². The number of anilines is 2. The molecule has 41 heavy (non-hydrogen) atoms. The molecular formula is C30H31F3N6O2. The molecule has 0 bridgehead atoms. The number of benzene rings is 2. The van der Waals surface area contributed by atoms with Gasteiger partial charge in [-0.25, -0.2) is 4.98 Å². The Morgan fingerprint density at radius 2 is 1.78 bits per heavy atom. The molecule has 2 aromatic heterocycles. The third-order valence-corrected chi connectivity index (χ3v) is 7.20. The van der Waals surface area contributed by atoms with E-state index in [2.05, 4.69) is 25.5 Å². The van der Waals surface area contributed by atoms with Crippen LogP contribution >= 0.6 is 0 Å². The Labute approximate surface area is 235 Å². The monoisotopic (exact) mass is 564 g/mol. The third-order valence-electron chi connectivity index (χ3n) is 7.20. The Balaban J connectivity index is 1.25. The molecule has 0 atom stereocenters. The Kier molecular flexibility index (Phi) is 8.09. The summed E-state index contributed by atoms with van der Waals surface area (Å²) in [7, 11) is 1.99. The number of pyridine rings is 1. The number of piperazine rings is 1. The van der Waals surface area contributed by atoms with E-state index in [9.17, 15) is 22.8 Å². The topological polar surface area (TPSA) is 93.4 Å². The highest BCUT2D eigenvalue weighted by molar-refractivity contribution is 6.04. The molecule has 0 saturated carbocycles. The number of hydrogen-bond donors (Lipinski definition) is 3. The first kappa shape index (κ1) is 28.3. The van der Waals surface area contributed by atoms with Crippen LogP contribution in [0.2, 0.25) is 0 Å². The van der Waals surface area contributed by atoms with Gasteiger partial charge in [0.15, 0.2) is 5.78 Å². The quantitative estimate of drug-likeness (QED) is 0.248. The van der Waals surface area contributed by atoms with Crippen molar-refractivity contribution >= 4 is 34.1 Å². The number of carbonyl (C=O) groups excluding carboxylic acids is 2. The van der Waals surface area contributed by atoms with Crippen molar-refractivity contribution in [3.05, 3.63) is 88.7 Å². The van der Waals surface area contributed by atoms with Gasteiger partial charge in [0, 0.05) is 62.8 Å². The van der Waals surface area contributed by atoms with E-state index >= 15 is 0 Å². The van der Waals surface area contributed by atoms with Gasteiger partial charge in [-0.05, 0) is 54.6 Å². The number of Topliss-reactive ketones (excluding diaryl/α,β-unsaturated/α-hetero) is 1.